The highest BCUT2D eigenvalue weighted by Crippen LogP contribution is 2.61. The Hall–Kier alpha value is -0.900. The van der Waals surface area contributed by atoms with Crippen LogP contribution in [0, 0.1) is 35.0 Å². The molecule has 0 bridgehead atoms. The van der Waals surface area contributed by atoms with Gasteiger partial charge in [0.25, 0.3) is 0 Å². The largest absolute Gasteiger partial charge is 0.393 e. The molecule has 0 aromatic rings. The lowest BCUT2D eigenvalue weighted by Crippen LogP contribution is -2.56. The summed E-state index contributed by atoms with van der Waals surface area (Å²) in [6.45, 7) is 15.6. The van der Waals surface area contributed by atoms with E-state index in [0.717, 1.165) is 49.7 Å². The lowest BCUT2D eigenvalue weighted by atomic mass is 9.56. The summed E-state index contributed by atoms with van der Waals surface area (Å²) in [4.78, 5) is 0. The molecule has 3 rings (SSSR count). The minimum Gasteiger partial charge on any atom is -0.393 e. The second-order valence-corrected chi connectivity index (χ2v) is 11.6. The first-order valence-electron chi connectivity index (χ1n) is 12.6. The van der Waals surface area contributed by atoms with E-state index in [4.69, 9.17) is 0 Å². The Bertz CT molecular complexity index is 707. The van der Waals surface area contributed by atoms with Crippen LogP contribution in [0.1, 0.15) is 86.0 Å². The van der Waals surface area contributed by atoms with Gasteiger partial charge in [-0.1, -0.05) is 58.9 Å². The van der Waals surface area contributed by atoms with Crippen molar-refractivity contribution >= 4 is 0 Å². The molecule has 3 nitrogen and oxygen atoms in total. The number of hydrogen-bond acceptors (Lipinski definition) is 3. The van der Waals surface area contributed by atoms with E-state index in [1.807, 2.05) is 6.08 Å². The van der Waals surface area contributed by atoms with E-state index in [2.05, 4.69) is 53.3 Å². The summed E-state index contributed by atoms with van der Waals surface area (Å²) >= 11 is 0. The second-order valence-electron chi connectivity index (χ2n) is 11.6. The molecule has 3 N–H and O–H groups in total. The van der Waals surface area contributed by atoms with E-state index in [9.17, 15) is 15.3 Å². The van der Waals surface area contributed by atoms with Gasteiger partial charge in [-0.05, 0) is 98.0 Å². The minimum atomic E-state index is -1.09. The predicted octanol–water partition coefficient (Wildman–Crippen LogP) is 5.81. The molecule has 0 spiro atoms. The highest BCUT2D eigenvalue weighted by Gasteiger charge is 2.59. The molecule has 8 atom stereocenters. The summed E-state index contributed by atoms with van der Waals surface area (Å²) in [5.74, 6) is 2.33. The van der Waals surface area contributed by atoms with Crippen LogP contribution in [0.15, 0.2) is 36.0 Å². The number of allylic oxidation sites excluding steroid dienone is 3. The molecule has 31 heavy (non-hydrogen) atoms. The Kier molecular flexibility index (Phi) is 7.61. The van der Waals surface area contributed by atoms with Crippen molar-refractivity contribution in [3.8, 4) is 0 Å². The van der Waals surface area contributed by atoms with E-state index in [1.54, 1.807) is 0 Å². The van der Waals surface area contributed by atoms with Crippen molar-refractivity contribution < 1.29 is 15.3 Å². The molecule has 176 valence electrons. The maximum absolute atomic E-state index is 11.8. The van der Waals surface area contributed by atoms with Gasteiger partial charge in [0.2, 0.25) is 0 Å². The van der Waals surface area contributed by atoms with Crippen LogP contribution >= 0.6 is 0 Å². The smallest absolute Gasteiger partial charge is 0.102 e. The summed E-state index contributed by atoms with van der Waals surface area (Å²) in [5.41, 5.74) is 0.876. The molecule has 0 heterocycles. The van der Waals surface area contributed by atoms with Crippen molar-refractivity contribution in [2.75, 3.05) is 0 Å². The van der Waals surface area contributed by atoms with Crippen molar-refractivity contribution in [2.24, 2.45) is 35.0 Å². The SMILES string of the molecule is C=C1CC[C@@H](O)C/C1=C/[C@@H](O)[C@]1(O)CCC[C@]2(C)[C@@H]([C@H](C)/C=C/[C@H](C)C(C)C)CC[C@H]21. The molecule has 0 radical (unpaired) electrons. The van der Waals surface area contributed by atoms with Gasteiger partial charge in [-0.3, -0.25) is 0 Å². The highest BCUT2D eigenvalue weighted by molar-refractivity contribution is 5.33. The quantitative estimate of drug-likeness (QED) is 0.466. The molecule has 0 aliphatic heterocycles. The highest BCUT2D eigenvalue weighted by atomic mass is 16.3. The summed E-state index contributed by atoms with van der Waals surface area (Å²) in [6.07, 6.45) is 12.2. The average Bonchev–Trinajstić information content (AvgIpc) is 3.07. The summed E-state index contributed by atoms with van der Waals surface area (Å²) in [6, 6.07) is 0. The van der Waals surface area contributed by atoms with Crippen LogP contribution in [-0.4, -0.2) is 33.1 Å². The minimum absolute atomic E-state index is 0.0421. The zero-order valence-corrected chi connectivity index (χ0v) is 20.5. The van der Waals surface area contributed by atoms with Gasteiger partial charge in [0.1, 0.15) is 6.10 Å². The molecule has 3 heteroatoms. The summed E-state index contributed by atoms with van der Waals surface area (Å²) < 4.78 is 0. The Morgan fingerprint density at radius 2 is 1.77 bits per heavy atom. The molecule has 3 aliphatic carbocycles. The van der Waals surface area contributed by atoms with Gasteiger partial charge in [-0.25, -0.2) is 0 Å². The van der Waals surface area contributed by atoms with Crippen molar-refractivity contribution in [1.29, 1.82) is 0 Å². The number of fused-ring (bicyclic) bond motifs is 1. The lowest BCUT2D eigenvalue weighted by molar-refractivity contribution is -0.155. The monoisotopic (exact) mass is 430 g/mol. The van der Waals surface area contributed by atoms with Crippen molar-refractivity contribution in [3.05, 3.63) is 36.0 Å². The Morgan fingerprint density at radius 1 is 1.06 bits per heavy atom. The second kappa shape index (κ2) is 9.53. The fourth-order valence-corrected chi connectivity index (χ4v) is 6.82. The van der Waals surface area contributed by atoms with Crippen molar-refractivity contribution in [3.63, 3.8) is 0 Å². The molecule has 3 aliphatic rings. The van der Waals surface area contributed by atoms with Crippen LogP contribution in [0.4, 0.5) is 0 Å². The summed E-state index contributed by atoms with van der Waals surface area (Å²) in [5, 5.41) is 33.2. The van der Waals surface area contributed by atoms with Crippen molar-refractivity contribution in [1.82, 2.24) is 0 Å². The zero-order valence-electron chi connectivity index (χ0n) is 20.5. The average molecular weight is 431 g/mol. The molecule has 0 amide bonds. The third-order valence-corrected chi connectivity index (χ3v) is 9.27. The van der Waals surface area contributed by atoms with Gasteiger partial charge in [0.15, 0.2) is 0 Å². The molecule has 0 saturated heterocycles. The van der Waals surface area contributed by atoms with Crippen LogP contribution < -0.4 is 0 Å². The Labute approximate surface area is 190 Å². The number of aliphatic hydroxyl groups excluding tert-OH is 2. The maximum Gasteiger partial charge on any atom is 0.102 e. The normalized spacial score (nSPS) is 41.0. The fraction of sp³-hybridized carbons (Fsp3) is 0.786. The van der Waals surface area contributed by atoms with Crippen LogP contribution in [-0.2, 0) is 0 Å². The Balaban J connectivity index is 1.80. The number of aliphatic hydroxyl groups is 3. The third kappa shape index (κ3) is 4.89. The molecular formula is C28H46O3. The standard InChI is InChI=1S/C28H46O3/c1-18(2)19(3)8-9-21(5)24-12-13-25-27(24,6)14-7-15-28(25,31)26(30)17-22-16-23(29)11-10-20(22)4/h8-9,17-19,21,23-26,29-31H,4,7,10-16H2,1-3,5-6H3/b9-8+,22-17-/t19-,21+,23+,24+,25+,26+,27+,28-/m0/s1. The topological polar surface area (TPSA) is 60.7 Å². The molecular weight excluding hydrogens is 384 g/mol. The van der Waals surface area contributed by atoms with E-state index in [0.29, 0.717) is 36.5 Å². The van der Waals surface area contributed by atoms with Gasteiger partial charge >= 0.3 is 0 Å². The zero-order chi connectivity index (χ0) is 23.0. The van der Waals surface area contributed by atoms with Crippen LogP contribution in [0.3, 0.4) is 0 Å². The maximum atomic E-state index is 11.8. The molecule has 0 aromatic heterocycles. The first kappa shape index (κ1) is 24.7. The van der Waals surface area contributed by atoms with Crippen LogP contribution in [0.5, 0.6) is 0 Å². The van der Waals surface area contributed by atoms with E-state index >= 15 is 0 Å². The van der Waals surface area contributed by atoms with Gasteiger partial charge in [-0.2, -0.15) is 0 Å². The van der Waals surface area contributed by atoms with Crippen molar-refractivity contribution in [2.45, 2.75) is 104 Å². The lowest BCUT2D eigenvalue weighted by Gasteiger charge is -2.52. The van der Waals surface area contributed by atoms with Crippen LogP contribution in [0.2, 0.25) is 0 Å². The van der Waals surface area contributed by atoms with Gasteiger partial charge in [0.05, 0.1) is 11.7 Å². The number of hydrogen-bond donors (Lipinski definition) is 3. The number of rotatable bonds is 6. The molecule has 3 saturated carbocycles. The third-order valence-electron chi connectivity index (χ3n) is 9.27. The first-order valence-corrected chi connectivity index (χ1v) is 12.6. The van der Waals surface area contributed by atoms with Gasteiger partial charge in [-0.15, -0.1) is 0 Å². The predicted molar refractivity (Wildman–Crippen MR) is 129 cm³/mol. The van der Waals surface area contributed by atoms with E-state index in [1.165, 1.54) is 0 Å². The van der Waals surface area contributed by atoms with Gasteiger partial charge in [0, 0.05) is 0 Å². The fourth-order valence-electron chi connectivity index (χ4n) is 6.82. The first-order chi connectivity index (χ1) is 14.5. The summed E-state index contributed by atoms with van der Waals surface area (Å²) in [7, 11) is 0. The molecule has 0 unspecified atom stereocenters. The molecule has 3 fully saturated rings. The van der Waals surface area contributed by atoms with E-state index < -0.39 is 11.7 Å². The van der Waals surface area contributed by atoms with E-state index in [-0.39, 0.29) is 17.4 Å². The van der Waals surface area contributed by atoms with Gasteiger partial charge < -0.3 is 15.3 Å². The Morgan fingerprint density at radius 3 is 2.45 bits per heavy atom. The molecule has 0 aromatic carbocycles. The van der Waals surface area contributed by atoms with Crippen LogP contribution in [0.25, 0.3) is 0 Å².